The molecule has 0 aliphatic carbocycles. The van der Waals surface area contributed by atoms with Gasteiger partial charge in [0, 0.05) is 48.2 Å². The molecule has 4 rings (SSSR count). The molecule has 7 heteroatoms. The van der Waals surface area contributed by atoms with E-state index < -0.39 is 0 Å². The Labute approximate surface area is 144 Å². The third kappa shape index (κ3) is 2.86. The molecule has 7 nitrogen and oxygen atoms in total. The third-order valence-corrected chi connectivity index (χ3v) is 4.96. The molecule has 0 bridgehead atoms. The van der Waals surface area contributed by atoms with Gasteiger partial charge in [0.05, 0.1) is 0 Å². The van der Waals surface area contributed by atoms with Crippen LogP contribution in [0, 0.1) is 0 Å². The smallest absolute Gasteiger partial charge is 0.343 e. The summed E-state index contributed by atoms with van der Waals surface area (Å²) >= 11 is 0. The molecular formula is C18H21N5O2. The van der Waals surface area contributed by atoms with Gasteiger partial charge in [0.25, 0.3) is 5.91 Å². The zero-order chi connectivity index (χ0) is 17.4. The molecule has 3 aromatic rings. The van der Waals surface area contributed by atoms with E-state index in [4.69, 9.17) is 0 Å². The van der Waals surface area contributed by atoms with Gasteiger partial charge in [-0.3, -0.25) is 9.36 Å². The quantitative estimate of drug-likeness (QED) is 0.761. The van der Waals surface area contributed by atoms with Gasteiger partial charge in [-0.15, -0.1) is 0 Å². The lowest BCUT2D eigenvalue weighted by molar-refractivity contribution is 0.0933. The van der Waals surface area contributed by atoms with Crippen LogP contribution in [0.4, 0.5) is 0 Å². The number of hydrogen-bond acceptors (Lipinski definition) is 3. The summed E-state index contributed by atoms with van der Waals surface area (Å²) in [5.41, 5.74) is 1.63. The molecule has 0 spiro atoms. The Morgan fingerprint density at radius 3 is 3.08 bits per heavy atom. The van der Waals surface area contributed by atoms with Crippen LogP contribution in [-0.4, -0.2) is 31.3 Å². The average molecular weight is 339 g/mol. The first-order valence-electron chi connectivity index (χ1n) is 8.69. The van der Waals surface area contributed by atoms with Crippen molar-refractivity contribution in [2.75, 3.05) is 0 Å². The van der Waals surface area contributed by atoms with Crippen molar-refractivity contribution < 1.29 is 4.79 Å². The molecule has 0 saturated carbocycles. The van der Waals surface area contributed by atoms with E-state index >= 15 is 0 Å². The molecule has 2 N–H and O–H groups in total. The maximum absolute atomic E-state index is 12.6. The van der Waals surface area contributed by atoms with Crippen molar-refractivity contribution in [1.82, 2.24) is 24.6 Å². The van der Waals surface area contributed by atoms with Crippen molar-refractivity contribution in [3.63, 3.8) is 0 Å². The summed E-state index contributed by atoms with van der Waals surface area (Å²) in [6.07, 6.45) is 4.23. The summed E-state index contributed by atoms with van der Waals surface area (Å²) in [6, 6.07) is 7.88. The second-order valence-corrected chi connectivity index (χ2v) is 6.47. The van der Waals surface area contributed by atoms with Crippen molar-refractivity contribution in [3.8, 4) is 0 Å². The van der Waals surface area contributed by atoms with Crippen LogP contribution in [0.2, 0.25) is 0 Å². The first-order valence-corrected chi connectivity index (χ1v) is 8.69. The van der Waals surface area contributed by atoms with Gasteiger partial charge in [0.1, 0.15) is 5.82 Å². The fraction of sp³-hybridized carbons (Fsp3) is 0.389. The fourth-order valence-electron chi connectivity index (χ4n) is 3.53. The van der Waals surface area contributed by atoms with E-state index in [1.165, 1.54) is 0 Å². The second-order valence-electron chi connectivity index (χ2n) is 6.47. The summed E-state index contributed by atoms with van der Waals surface area (Å²) < 4.78 is 3.81. The Hall–Kier alpha value is -2.83. The molecule has 1 aliphatic rings. The van der Waals surface area contributed by atoms with E-state index in [0.29, 0.717) is 18.5 Å². The number of benzene rings is 1. The molecule has 1 atom stereocenters. The minimum Gasteiger partial charge on any atom is -0.349 e. The number of amides is 1. The highest BCUT2D eigenvalue weighted by Crippen LogP contribution is 2.18. The summed E-state index contributed by atoms with van der Waals surface area (Å²) in [6.45, 7) is 3.58. The van der Waals surface area contributed by atoms with Crippen molar-refractivity contribution in [3.05, 3.63) is 52.3 Å². The number of rotatable bonds is 3. The highest BCUT2D eigenvalue weighted by Gasteiger charge is 2.20. The maximum Gasteiger partial charge on any atom is 0.343 e. The van der Waals surface area contributed by atoms with Crippen LogP contribution in [0.3, 0.4) is 0 Å². The maximum atomic E-state index is 12.6. The lowest BCUT2D eigenvalue weighted by Crippen LogP contribution is -2.35. The third-order valence-electron chi connectivity index (χ3n) is 4.96. The predicted octanol–water partition coefficient (Wildman–Crippen LogP) is 1.68. The van der Waals surface area contributed by atoms with Crippen LogP contribution < -0.4 is 11.0 Å². The molecule has 0 fully saturated rings. The Morgan fingerprint density at radius 1 is 1.36 bits per heavy atom. The number of carbonyl (C=O) groups is 1. The van der Waals surface area contributed by atoms with Crippen LogP contribution in [0.15, 0.2) is 35.3 Å². The van der Waals surface area contributed by atoms with Gasteiger partial charge in [0.2, 0.25) is 0 Å². The standard InChI is InChI=1S/C18H21N5O2/c1-2-22-9-7-12-11-13(3-5-15(12)22)17(24)19-14-4-6-16-20-21-18(25)23(16)10-8-14/h3,5,7,9,11,14H,2,4,6,8,10H2,1H3,(H,19,24)(H,21,25). The lowest BCUT2D eigenvalue weighted by Gasteiger charge is -2.16. The SMILES string of the molecule is CCn1ccc2cc(C(=O)NC3CCc4n[nH]c(=O)n4CC3)ccc21. The molecule has 0 saturated heterocycles. The number of aromatic nitrogens is 4. The molecule has 3 heterocycles. The first kappa shape index (κ1) is 15.7. The molecule has 1 amide bonds. The summed E-state index contributed by atoms with van der Waals surface area (Å²) in [7, 11) is 0. The number of carbonyl (C=O) groups excluding carboxylic acids is 1. The largest absolute Gasteiger partial charge is 0.349 e. The predicted molar refractivity (Wildman–Crippen MR) is 94.7 cm³/mol. The molecule has 25 heavy (non-hydrogen) atoms. The van der Waals surface area contributed by atoms with E-state index in [1.807, 2.05) is 30.5 Å². The highest BCUT2D eigenvalue weighted by molar-refractivity contribution is 5.98. The Morgan fingerprint density at radius 2 is 2.24 bits per heavy atom. The molecule has 0 radical (unpaired) electrons. The normalized spacial score (nSPS) is 17.2. The number of hydrogen-bond donors (Lipinski definition) is 2. The van der Waals surface area contributed by atoms with E-state index in [2.05, 4.69) is 27.0 Å². The van der Waals surface area contributed by atoms with E-state index in [1.54, 1.807) is 4.57 Å². The topological polar surface area (TPSA) is 84.7 Å². The number of fused-ring (bicyclic) bond motifs is 2. The molecule has 1 aliphatic heterocycles. The minimum atomic E-state index is -0.173. The summed E-state index contributed by atoms with van der Waals surface area (Å²) in [5.74, 6) is 0.702. The van der Waals surface area contributed by atoms with Gasteiger partial charge < -0.3 is 9.88 Å². The van der Waals surface area contributed by atoms with Gasteiger partial charge in [0.15, 0.2) is 0 Å². The number of aromatic amines is 1. The average Bonchev–Trinajstić information content (AvgIpc) is 3.13. The highest BCUT2D eigenvalue weighted by atomic mass is 16.2. The molecular weight excluding hydrogens is 318 g/mol. The molecule has 1 aromatic carbocycles. The summed E-state index contributed by atoms with van der Waals surface area (Å²) in [4.78, 5) is 24.3. The lowest BCUT2D eigenvalue weighted by atomic mass is 10.1. The molecule has 1 unspecified atom stereocenters. The number of aryl methyl sites for hydroxylation is 2. The van der Waals surface area contributed by atoms with Crippen LogP contribution in [0.1, 0.15) is 35.9 Å². The van der Waals surface area contributed by atoms with Crippen molar-refractivity contribution >= 4 is 16.8 Å². The summed E-state index contributed by atoms with van der Waals surface area (Å²) in [5, 5.41) is 10.7. The van der Waals surface area contributed by atoms with Crippen LogP contribution in [0.5, 0.6) is 0 Å². The van der Waals surface area contributed by atoms with E-state index in [9.17, 15) is 9.59 Å². The Bertz CT molecular complexity index is 981. The number of H-pyrrole nitrogens is 1. The van der Waals surface area contributed by atoms with Gasteiger partial charge in [-0.05, 0) is 44.0 Å². The van der Waals surface area contributed by atoms with Crippen LogP contribution >= 0.6 is 0 Å². The molecule has 2 aromatic heterocycles. The van der Waals surface area contributed by atoms with Gasteiger partial charge in [-0.25, -0.2) is 9.89 Å². The van der Waals surface area contributed by atoms with Crippen LogP contribution in [-0.2, 0) is 19.5 Å². The molecule has 130 valence electrons. The zero-order valence-corrected chi connectivity index (χ0v) is 14.2. The first-order chi connectivity index (χ1) is 12.2. The zero-order valence-electron chi connectivity index (χ0n) is 14.2. The van der Waals surface area contributed by atoms with Gasteiger partial charge >= 0.3 is 5.69 Å². The number of nitrogens with zero attached hydrogens (tertiary/aromatic N) is 3. The van der Waals surface area contributed by atoms with Crippen LogP contribution in [0.25, 0.3) is 10.9 Å². The Balaban J connectivity index is 1.48. The van der Waals surface area contributed by atoms with Crippen molar-refractivity contribution in [1.29, 1.82) is 0 Å². The van der Waals surface area contributed by atoms with E-state index in [0.717, 1.165) is 36.1 Å². The number of nitrogens with one attached hydrogen (secondary N) is 2. The van der Waals surface area contributed by atoms with Crippen molar-refractivity contribution in [2.45, 2.75) is 45.3 Å². The minimum absolute atomic E-state index is 0.0459. The van der Waals surface area contributed by atoms with E-state index in [-0.39, 0.29) is 17.6 Å². The fourth-order valence-corrected chi connectivity index (χ4v) is 3.53. The van der Waals surface area contributed by atoms with Crippen molar-refractivity contribution in [2.24, 2.45) is 0 Å². The second kappa shape index (κ2) is 6.23. The Kier molecular flexibility index (Phi) is 3.91. The monoisotopic (exact) mass is 339 g/mol. The van der Waals surface area contributed by atoms with Gasteiger partial charge in [-0.2, -0.15) is 5.10 Å². The van der Waals surface area contributed by atoms with Gasteiger partial charge in [-0.1, -0.05) is 0 Å².